The molecule has 0 amide bonds. The molecule has 28 heavy (non-hydrogen) atoms. The van der Waals surface area contributed by atoms with Gasteiger partial charge in [0.1, 0.15) is 0 Å². The third-order valence-corrected chi connectivity index (χ3v) is 10.9. The van der Waals surface area contributed by atoms with Crippen LogP contribution >= 0.6 is 28.3 Å². The van der Waals surface area contributed by atoms with Crippen LogP contribution in [-0.4, -0.2) is 0 Å². The SMILES string of the molecule is C[C@H](CC#CP(=O)(Cl)Cl)[C@H]1CC[C@H]2[C@@H]3CCC4CCCC[C@]4(C)[C@H]3CC[C@]12C. The molecular weight excluding hydrogens is 406 g/mol. The minimum absolute atomic E-state index is 0.464. The van der Waals surface area contributed by atoms with E-state index in [1.54, 1.807) is 0 Å². The first-order chi connectivity index (χ1) is 13.2. The Bertz CT molecular complexity index is 705. The molecule has 0 N–H and O–H groups in total. The molecule has 0 bridgehead atoms. The average Bonchev–Trinajstić information content (AvgIpc) is 2.97. The molecule has 4 saturated carbocycles. The monoisotopic (exact) mass is 442 g/mol. The molecule has 0 radical (unpaired) electrons. The van der Waals surface area contributed by atoms with E-state index in [4.69, 9.17) is 22.5 Å². The van der Waals surface area contributed by atoms with E-state index < -0.39 is 5.85 Å². The topological polar surface area (TPSA) is 17.1 Å². The summed E-state index contributed by atoms with van der Waals surface area (Å²) in [4.78, 5) is 0. The molecule has 0 saturated heterocycles. The zero-order chi connectivity index (χ0) is 20.2. The van der Waals surface area contributed by atoms with Crippen LogP contribution < -0.4 is 0 Å². The average molecular weight is 443 g/mol. The fourth-order valence-corrected chi connectivity index (χ4v) is 9.35. The van der Waals surface area contributed by atoms with Crippen molar-refractivity contribution in [2.45, 2.75) is 91.4 Å². The first kappa shape index (κ1) is 21.6. The summed E-state index contributed by atoms with van der Waals surface area (Å²) in [6.45, 7) is 7.60. The van der Waals surface area contributed by atoms with Crippen molar-refractivity contribution < 1.29 is 4.57 Å². The van der Waals surface area contributed by atoms with Crippen molar-refractivity contribution in [2.24, 2.45) is 46.3 Å². The first-order valence-electron chi connectivity index (χ1n) is 11.6. The summed E-state index contributed by atoms with van der Waals surface area (Å²) < 4.78 is 11.5. The van der Waals surface area contributed by atoms with Gasteiger partial charge in [-0.15, -0.1) is 0 Å². The number of halogens is 2. The van der Waals surface area contributed by atoms with E-state index in [-0.39, 0.29) is 0 Å². The summed E-state index contributed by atoms with van der Waals surface area (Å²) in [6.07, 6.45) is 15.2. The normalized spacial score (nSPS) is 46.5. The minimum atomic E-state index is -3.26. The first-order valence-corrected chi connectivity index (χ1v) is 15.2. The van der Waals surface area contributed by atoms with Crippen LogP contribution in [0.25, 0.3) is 0 Å². The highest BCUT2D eigenvalue weighted by molar-refractivity contribution is 8.11. The Morgan fingerprint density at radius 3 is 2.46 bits per heavy atom. The van der Waals surface area contributed by atoms with Crippen LogP contribution in [0.4, 0.5) is 0 Å². The molecule has 4 fully saturated rings. The van der Waals surface area contributed by atoms with Crippen LogP contribution in [0, 0.1) is 57.9 Å². The molecule has 0 spiro atoms. The maximum atomic E-state index is 11.5. The van der Waals surface area contributed by atoms with Gasteiger partial charge in [-0.3, -0.25) is 4.57 Å². The van der Waals surface area contributed by atoms with E-state index in [9.17, 15) is 4.57 Å². The summed E-state index contributed by atoms with van der Waals surface area (Å²) in [6, 6.07) is 0. The van der Waals surface area contributed by atoms with E-state index in [1.807, 2.05) is 0 Å². The minimum Gasteiger partial charge on any atom is -0.275 e. The maximum Gasteiger partial charge on any atom is 0.323 e. The van der Waals surface area contributed by atoms with Crippen molar-refractivity contribution in [1.29, 1.82) is 0 Å². The maximum absolute atomic E-state index is 11.5. The van der Waals surface area contributed by atoms with Crippen LogP contribution in [0.3, 0.4) is 0 Å². The van der Waals surface area contributed by atoms with Crippen molar-refractivity contribution in [2.75, 3.05) is 0 Å². The Labute approximate surface area is 182 Å². The number of fused-ring (bicyclic) bond motifs is 5. The van der Waals surface area contributed by atoms with Crippen LogP contribution in [0.15, 0.2) is 0 Å². The van der Waals surface area contributed by atoms with E-state index in [1.165, 1.54) is 64.2 Å². The molecule has 0 aromatic carbocycles. The summed E-state index contributed by atoms with van der Waals surface area (Å²) in [5.74, 6) is 4.86. The quantitative estimate of drug-likeness (QED) is 0.308. The molecule has 1 nitrogen and oxygen atoms in total. The predicted octanol–water partition coefficient (Wildman–Crippen LogP) is 8.69. The van der Waals surface area contributed by atoms with Gasteiger partial charge in [0.15, 0.2) is 0 Å². The molecule has 0 heterocycles. The summed E-state index contributed by atoms with van der Waals surface area (Å²) in [5, 5.41) is 0. The fourth-order valence-electron chi connectivity index (χ4n) is 8.71. The third kappa shape index (κ3) is 3.74. The van der Waals surface area contributed by atoms with Crippen LogP contribution in [0.1, 0.15) is 91.4 Å². The molecule has 4 aliphatic carbocycles. The highest BCUT2D eigenvalue weighted by Gasteiger charge is 2.60. The van der Waals surface area contributed by atoms with Crippen molar-refractivity contribution >= 4 is 28.3 Å². The summed E-state index contributed by atoms with van der Waals surface area (Å²) in [5.41, 5.74) is 3.67. The summed E-state index contributed by atoms with van der Waals surface area (Å²) in [7, 11) is 0. The number of rotatable bonds is 2. The van der Waals surface area contributed by atoms with Gasteiger partial charge < -0.3 is 0 Å². The van der Waals surface area contributed by atoms with Gasteiger partial charge in [0.05, 0.1) is 0 Å². The fraction of sp³-hybridized carbons (Fsp3) is 0.917. The van der Waals surface area contributed by atoms with E-state index in [0.29, 0.717) is 16.7 Å². The van der Waals surface area contributed by atoms with Crippen molar-refractivity contribution in [1.82, 2.24) is 0 Å². The van der Waals surface area contributed by atoms with Crippen molar-refractivity contribution in [3.63, 3.8) is 0 Å². The highest BCUT2D eigenvalue weighted by Crippen LogP contribution is 2.68. The highest BCUT2D eigenvalue weighted by atomic mass is 35.9. The molecule has 4 rings (SSSR count). The van der Waals surface area contributed by atoms with Crippen molar-refractivity contribution in [3.8, 4) is 11.6 Å². The second kappa shape index (κ2) is 7.81. The van der Waals surface area contributed by atoms with Gasteiger partial charge in [0.25, 0.3) is 0 Å². The zero-order valence-corrected chi connectivity index (χ0v) is 20.3. The zero-order valence-electron chi connectivity index (χ0n) is 17.9. The lowest BCUT2D eigenvalue weighted by Crippen LogP contribution is -2.53. The van der Waals surface area contributed by atoms with Crippen LogP contribution in [-0.2, 0) is 4.57 Å². The van der Waals surface area contributed by atoms with Crippen molar-refractivity contribution in [3.05, 3.63) is 0 Å². The second-order valence-corrected chi connectivity index (χ2v) is 15.6. The largest absolute Gasteiger partial charge is 0.323 e. The van der Waals surface area contributed by atoms with Gasteiger partial charge in [0, 0.05) is 6.42 Å². The predicted molar refractivity (Wildman–Crippen MR) is 121 cm³/mol. The van der Waals surface area contributed by atoms with Gasteiger partial charge in [0.2, 0.25) is 0 Å². The Kier molecular flexibility index (Phi) is 6.02. The standard InChI is InChI=1S/C24H37Cl2OP/c1-17(7-6-16-28(25,26)27)20-11-12-21-19-10-9-18-8-4-5-14-23(18,2)22(19)13-15-24(20,21)3/h17-22H,4-5,7-15H2,1-3H3/t17-,18?,19+,20-,21+,22+,23+,24-/m1/s1. The van der Waals surface area contributed by atoms with Gasteiger partial charge in [-0.1, -0.05) is 39.5 Å². The Morgan fingerprint density at radius 2 is 1.71 bits per heavy atom. The number of hydrogen-bond acceptors (Lipinski definition) is 1. The lowest BCUT2D eigenvalue weighted by molar-refractivity contribution is -0.114. The molecule has 4 aliphatic rings. The molecular formula is C24H37Cl2OP. The van der Waals surface area contributed by atoms with Crippen LogP contribution in [0.2, 0.25) is 0 Å². The molecule has 158 valence electrons. The molecule has 8 atom stereocenters. The van der Waals surface area contributed by atoms with Gasteiger partial charge >= 0.3 is 5.85 Å². The summed E-state index contributed by atoms with van der Waals surface area (Å²) >= 11 is 11.2. The van der Waals surface area contributed by atoms with Crippen LogP contribution in [0.5, 0.6) is 0 Å². The van der Waals surface area contributed by atoms with Gasteiger partial charge in [-0.05, 0) is 126 Å². The molecule has 1 unspecified atom stereocenters. The van der Waals surface area contributed by atoms with E-state index in [2.05, 4.69) is 32.4 Å². The third-order valence-electron chi connectivity index (χ3n) is 9.98. The smallest absolute Gasteiger partial charge is 0.275 e. The molecule has 0 aliphatic heterocycles. The Balaban J connectivity index is 1.50. The Hall–Kier alpha value is 0.370. The van der Waals surface area contributed by atoms with E-state index >= 15 is 0 Å². The van der Waals surface area contributed by atoms with E-state index in [0.717, 1.165) is 36.0 Å². The lowest BCUT2D eigenvalue weighted by Gasteiger charge is -2.60. The lowest BCUT2D eigenvalue weighted by atomic mass is 9.44. The number of hydrogen-bond donors (Lipinski definition) is 0. The second-order valence-electron chi connectivity index (χ2n) is 11.1. The Morgan fingerprint density at radius 1 is 0.964 bits per heavy atom. The van der Waals surface area contributed by atoms with Gasteiger partial charge in [-0.25, -0.2) is 0 Å². The molecule has 0 aromatic rings. The molecule has 4 heteroatoms. The van der Waals surface area contributed by atoms with Gasteiger partial charge in [-0.2, -0.15) is 0 Å². The molecule has 0 aromatic heterocycles.